The van der Waals surface area contributed by atoms with Crippen LogP contribution in [0.5, 0.6) is 0 Å². The number of nitrogens with one attached hydrogen (secondary N) is 1. The van der Waals surface area contributed by atoms with E-state index in [1.165, 1.54) is 0 Å². The molecule has 0 saturated heterocycles. The first-order valence-electron chi connectivity index (χ1n) is 4.85. The van der Waals surface area contributed by atoms with Gasteiger partial charge in [0, 0.05) is 12.1 Å². The molecule has 0 aromatic heterocycles. The lowest BCUT2D eigenvalue weighted by Gasteiger charge is -2.04. The highest BCUT2D eigenvalue weighted by atomic mass is 16.4. The van der Waals surface area contributed by atoms with Gasteiger partial charge in [-0.2, -0.15) is 0 Å². The van der Waals surface area contributed by atoms with Gasteiger partial charge in [-0.1, -0.05) is 42.4 Å². The van der Waals surface area contributed by atoms with Crippen molar-refractivity contribution in [2.75, 3.05) is 6.54 Å². The molecule has 1 aromatic rings. The molecule has 4 heteroatoms. The Hall–Kier alpha value is -1.84. The summed E-state index contributed by atoms with van der Waals surface area (Å²) in [5.74, 6) is -0.356. The molecule has 2 N–H and O–H groups in total. The van der Waals surface area contributed by atoms with Crippen molar-refractivity contribution < 1.29 is 10.0 Å². The molecule has 80 valence electrons. The smallest absolute Gasteiger partial charge is 0.273 e. The molecule has 0 aliphatic heterocycles. The molecule has 15 heavy (non-hydrogen) atoms. The zero-order valence-corrected chi connectivity index (χ0v) is 8.60. The highest BCUT2D eigenvalue weighted by Crippen LogP contribution is 2.01. The molecule has 0 atom stereocenters. The van der Waals surface area contributed by atoms with Gasteiger partial charge in [-0.15, -0.1) is 0 Å². The van der Waals surface area contributed by atoms with Crippen LogP contribution in [0, 0.1) is 0 Å². The molecule has 0 bridgehead atoms. The van der Waals surface area contributed by atoms with Gasteiger partial charge in [0.05, 0.1) is 0 Å². The zero-order valence-electron chi connectivity index (χ0n) is 8.60. The van der Waals surface area contributed by atoms with Gasteiger partial charge in [-0.25, -0.2) is 0 Å². The number of rotatable bonds is 4. The van der Waals surface area contributed by atoms with Crippen LogP contribution in [-0.4, -0.2) is 23.4 Å². The number of amides is 1. The van der Waals surface area contributed by atoms with Crippen LogP contribution in [0.1, 0.15) is 18.9 Å². The second-order valence-electron chi connectivity index (χ2n) is 3.07. The van der Waals surface area contributed by atoms with Crippen LogP contribution in [0.25, 0.3) is 0 Å². The number of oxime groups is 1. The maximum Gasteiger partial charge on any atom is 0.273 e. The topological polar surface area (TPSA) is 61.7 Å². The maximum absolute atomic E-state index is 11.5. The first kappa shape index (κ1) is 11.2. The van der Waals surface area contributed by atoms with Crippen molar-refractivity contribution in [3.8, 4) is 0 Å². The van der Waals surface area contributed by atoms with Crippen LogP contribution in [-0.2, 0) is 4.79 Å². The standard InChI is InChI=1S/C11H14N2O2/c1-2-8-12-11(14)10(13-15)9-6-4-3-5-7-9/h3-7,15H,2,8H2,1H3,(H,12,14)/b13-10+. The van der Waals surface area contributed by atoms with Crippen LogP contribution in [0.2, 0.25) is 0 Å². The van der Waals surface area contributed by atoms with Gasteiger partial charge in [0.2, 0.25) is 0 Å². The monoisotopic (exact) mass is 206 g/mol. The Labute approximate surface area is 88.6 Å². The van der Waals surface area contributed by atoms with Crippen molar-refractivity contribution in [3.05, 3.63) is 35.9 Å². The average Bonchev–Trinajstić information content (AvgIpc) is 2.29. The molecule has 0 unspecified atom stereocenters. The highest BCUT2D eigenvalue weighted by molar-refractivity contribution is 6.45. The van der Waals surface area contributed by atoms with E-state index >= 15 is 0 Å². The molecule has 0 aliphatic rings. The minimum absolute atomic E-state index is 0.0454. The third-order valence-electron chi connectivity index (χ3n) is 1.90. The van der Waals surface area contributed by atoms with Crippen LogP contribution >= 0.6 is 0 Å². The second-order valence-corrected chi connectivity index (χ2v) is 3.07. The minimum atomic E-state index is -0.356. The fourth-order valence-electron chi connectivity index (χ4n) is 1.15. The molecule has 1 amide bonds. The Morgan fingerprint density at radius 2 is 2.07 bits per heavy atom. The predicted octanol–water partition coefficient (Wildman–Crippen LogP) is 1.39. The molecule has 0 radical (unpaired) electrons. The van der Waals surface area contributed by atoms with E-state index in [4.69, 9.17) is 5.21 Å². The summed E-state index contributed by atoms with van der Waals surface area (Å²) in [7, 11) is 0. The normalized spacial score (nSPS) is 11.1. The first-order chi connectivity index (χ1) is 7.29. The summed E-state index contributed by atoms with van der Waals surface area (Å²) in [6.45, 7) is 2.53. The SMILES string of the molecule is CCCNC(=O)/C(=N/O)c1ccccc1. The van der Waals surface area contributed by atoms with Crippen molar-refractivity contribution in [2.24, 2.45) is 5.16 Å². The van der Waals surface area contributed by atoms with Gasteiger partial charge in [-0.3, -0.25) is 4.79 Å². The Morgan fingerprint density at radius 3 is 2.60 bits per heavy atom. The number of benzene rings is 1. The number of nitrogens with zero attached hydrogens (tertiary/aromatic N) is 1. The van der Waals surface area contributed by atoms with E-state index < -0.39 is 0 Å². The van der Waals surface area contributed by atoms with Gasteiger partial charge in [0.15, 0.2) is 5.71 Å². The summed E-state index contributed by atoms with van der Waals surface area (Å²) in [5, 5.41) is 14.4. The van der Waals surface area contributed by atoms with Crippen molar-refractivity contribution in [1.29, 1.82) is 0 Å². The summed E-state index contributed by atoms with van der Waals surface area (Å²) >= 11 is 0. The van der Waals surface area contributed by atoms with Crippen molar-refractivity contribution in [2.45, 2.75) is 13.3 Å². The van der Waals surface area contributed by atoms with Crippen molar-refractivity contribution in [3.63, 3.8) is 0 Å². The Morgan fingerprint density at radius 1 is 1.40 bits per heavy atom. The molecule has 4 nitrogen and oxygen atoms in total. The van der Waals surface area contributed by atoms with Gasteiger partial charge < -0.3 is 10.5 Å². The molecule has 1 rings (SSSR count). The summed E-state index contributed by atoms with van der Waals surface area (Å²) < 4.78 is 0. The van der Waals surface area contributed by atoms with E-state index in [0.29, 0.717) is 12.1 Å². The maximum atomic E-state index is 11.5. The highest BCUT2D eigenvalue weighted by Gasteiger charge is 2.13. The molecule has 0 saturated carbocycles. The molecular formula is C11H14N2O2. The van der Waals surface area contributed by atoms with Gasteiger partial charge in [-0.05, 0) is 6.42 Å². The summed E-state index contributed by atoms with van der Waals surface area (Å²) in [4.78, 5) is 11.5. The van der Waals surface area contributed by atoms with Crippen LogP contribution in [0.4, 0.5) is 0 Å². The largest absolute Gasteiger partial charge is 0.410 e. The Bertz CT molecular complexity index is 347. The van der Waals surface area contributed by atoms with Gasteiger partial charge in [0.25, 0.3) is 5.91 Å². The van der Waals surface area contributed by atoms with Crippen molar-refractivity contribution >= 4 is 11.6 Å². The van der Waals surface area contributed by atoms with E-state index in [-0.39, 0.29) is 11.6 Å². The van der Waals surface area contributed by atoms with Gasteiger partial charge in [0.1, 0.15) is 0 Å². The third-order valence-corrected chi connectivity index (χ3v) is 1.90. The molecular weight excluding hydrogens is 192 g/mol. The number of hydrogen-bond acceptors (Lipinski definition) is 3. The zero-order chi connectivity index (χ0) is 11.1. The fourth-order valence-corrected chi connectivity index (χ4v) is 1.15. The summed E-state index contributed by atoms with van der Waals surface area (Å²) in [6, 6.07) is 8.85. The summed E-state index contributed by atoms with van der Waals surface area (Å²) in [5.41, 5.74) is 0.651. The lowest BCUT2D eigenvalue weighted by molar-refractivity contribution is -0.114. The predicted molar refractivity (Wildman–Crippen MR) is 58.1 cm³/mol. The number of carbonyl (C=O) groups excluding carboxylic acids is 1. The minimum Gasteiger partial charge on any atom is -0.410 e. The number of hydrogen-bond donors (Lipinski definition) is 2. The molecule has 0 fully saturated rings. The van der Waals surface area contributed by atoms with Gasteiger partial charge >= 0.3 is 0 Å². The van der Waals surface area contributed by atoms with E-state index in [2.05, 4.69) is 10.5 Å². The molecule has 0 heterocycles. The quantitative estimate of drug-likeness (QED) is 0.444. The third kappa shape index (κ3) is 3.09. The second kappa shape index (κ2) is 5.80. The van der Waals surface area contributed by atoms with Crippen LogP contribution < -0.4 is 5.32 Å². The molecule has 0 spiro atoms. The first-order valence-corrected chi connectivity index (χ1v) is 4.85. The lowest BCUT2D eigenvalue weighted by atomic mass is 10.1. The summed E-state index contributed by atoms with van der Waals surface area (Å²) in [6.07, 6.45) is 0.846. The number of carbonyl (C=O) groups is 1. The van der Waals surface area contributed by atoms with Crippen LogP contribution in [0.15, 0.2) is 35.5 Å². The fraction of sp³-hybridized carbons (Fsp3) is 0.273. The Balaban J connectivity index is 2.78. The Kier molecular flexibility index (Phi) is 4.34. The van der Waals surface area contributed by atoms with E-state index in [1.807, 2.05) is 13.0 Å². The van der Waals surface area contributed by atoms with E-state index in [1.54, 1.807) is 24.3 Å². The lowest BCUT2D eigenvalue weighted by Crippen LogP contribution is -2.32. The van der Waals surface area contributed by atoms with Crippen molar-refractivity contribution in [1.82, 2.24) is 5.32 Å². The van der Waals surface area contributed by atoms with E-state index in [0.717, 1.165) is 6.42 Å². The van der Waals surface area contributed by atoms with E-state index in [9.17, 15) is 4.79 Å². The molecule has 1 aromatic carbocycles. The molecule has 0 aliphatic carbocycles. The average molecular weight is 206 g/mol. The van der Waals surface area contributed by atoms with Crippen LogP contribution in [0.3, 0.4) is 0 Å².